The number of benzene rings is 1. The minimum Gasteiger partial charge on any atom is -0.358 e. The number of anilines is 1. The van der Waals surface area contributed by atoms with Gasteiger partial charge < -0.3 is 15.4 Å². The van der Waals surface area contributed by atoms with E-state index in [-0.39, 0.29) is 11.6 Å². The van der Waals surface area contributed by atoms with E-state index in [1.54, 1.807) is 22.9 Å². The second-order valence-electron chi connectivity index (χ2n) is 5.34. The van der Waals surface area contributed by atoms with Crippen molar-refractivity contribution in [2.45, 2.75) is 13.5 Å². The quantitative estimate of drug-likeness (QED) is 0.416. The second kappa shape index (κ2) is 6.26. The first-order chi connectivity index (χ1) is 12.1. The SMILES string of the molecule is Cc1nc(-c2ccccc2)sc1CNc1nc2sccn2c1[N+](=O)[O-]. The first-order valence-electron chi connectivity index (χ1n) is 7.49. The third kappa shape index (κ3) is 2.87. The molecule has 25 heavy (non-hydrogen) atoms. The Morgan fingerprint density at radius 3 is 2.84 bits per heavy atom. The highest BCUT2D eigenvalue weighted by molar-refractivity contribution is 7.15. The van der Waals surface area contributed by atoms with Crippen LogP contribution in [0.5, 0.6) is 0 Å². The molecule has 0 saturated carbocycles. The van der Waals surface area contributed by atoms with Crippen molar-refractivity contribution < 1.29 is 4.92 Å². The molecule has 0 bridgehead atoms. The molecule has 0 aliphatic rings. The van der Waals surface area contributed by atoms with Gasteiger partial charge in [-0.05, 0) is 11.8 Å². The van der Waals surface area contributed by atoms with Crippen molar-refractivity contribution in [2.24, 2.45) is 0 Å². The van der Waals surface area contributed by atoms with Crippen molar-refractivity contribution in [2.75, 3.05) is 5.32 Å². The van der Waals surface area contributed by atoms with Gasteiger partial charge in [0.15, 0.2) is 0 Å². The zero-order chi connectivity index (χ0) is 17.4. The maximum atomic E-state index is 11.4. The van der Waals surface area contributed by atoms with Crippen molar-refractivity contribution >= 4 is 39.3 Å². The number of fused-ring (bicyclic) bond motifs is 1. The van der Waals surface area contributed by atoms with Crippen LogP contribution in [0.1, 0.15) is 10.6 Å². The summed E-state index contributed by atoms with van der Waals surface area (Å²) < 4.78 is 1.49. The Bertz CT molecular complexity index is 1050. The molecule has 0 spiro atoms. The van der Waals surface area contributed by atoms with Gasteiger partial charge in [0.2, 0.25) is 5.82 Å². The van der Waals surface area contributed by atoms with Gasteiger partial charge in [-0.1, -0.05) is 41.7 Å². The van der Waals surface area contributed by atoms with Gasteiger partial charge >= 0.3 is 5.82 Å². The number of nitro groups is 1. The lowest BCUT2D eigenvalue weighted by Gasteiger charge is -2.02. The minimum atomic E-state index is -0.413. The van der Waals surface area contributed by atoms with Crippen LogP contribution < -0.4 is 5.32 Å². The molecule has 0 aliphatic carbocycles. The van der Waals surface area contributed by atoms with E-state index in [9.17, 15) is 10.1 Å². The molecule has 7 nitrogen and oxygen atoms in total. The van der Waals surface area contributed by atoms with Gasteiger partial charge in [-0.2, -0.15) is 9.38 Å². The monoisotopic (exact) mass is 371 g/mol. The Morgan fingerprint density at radius 2 is 2.08 bits per heavy atom. The number of hydrogen-bond donors (Lipinski definition) is 1. The number of hydrogen-bond acceptors (Lipinski definition) is 7. The van der Waals surface area contributed by atoms with Crippen LogP contribution in [0.3, 0.4) is 0 Å². The summed E-state index contributed by atoms with van der Waals surface area (Å²) in [5, 5.41) is 17.2. The van der Waals surface area contributed by atoms with Crippen LogP contribution in [0.15, 0.2) is 41.9 Å². The number of aromatic nitrogens is 3. The number of aryl methyl sites for hydroxylation is 1. The van der Waals surface area contributed by atoms with Crippen molar-refractivity contribution in [3.05, 3.63) is 62.6 Å². The summed E-state index contributed by atoms with van der Waals surface area (Å²) >= 11 is 2.94. The van der Waals surface area contributed by atoms with Gasteiger partial charge in [0.1, 0.15) is 11.2 Å². The molecule has 1 N–H and O–H groups in total. The minimum absolute atomic E-state index is 0.0401. The first-order valence-corrected chi connectivity index (χ1v) is 9.18. The fourth-order valence-corrected chi connectivity index (χ4v) is 4.24. The van der Waals surface area contributed by atoms with Crippen molar-refractivity contribution in [1.29, 1.82) is 0 Å². The lowest BCUT2D eigenvalue weighted by atomic mass is 10.2. The highest BCUT2D eigenvalue weighted by Crippen LogP contribution is 2.31. The molecule has 4 rings (SSSR count). The Kier molecular flexibility index (Phi) is 3.94. The summed E-state index contributed by atoms with van der Waals surface area (Å²) in [6.07, 6.45) is 1.65. The van der Waals surface area contributed by atoms with Crippen LogP contribution in [0.2, 0.25) is 0 Å². The summed E-state index contributed by atoms with van der Waals surface area (Å²) in [5.41, 5.74) is 1.98. The standard InChI is InChI=1S/C16H13N5O2S2/c1-10-12(25-14(18-10)11-5-3-2-4-6-11)9-17-13-15(21(22)23)20-7-8-24-16(20)19-13/h2-8,17H,9H2,1H3. The summed E-state index contributed by atoms with van der Waals surface area (Å²) in [6, 6.07) is 9.96. The van der Waals surface area contributed by atoms with E-state index in [1.165, 1.54) is 15.7 Å². The molecule has 9 heteroatoms. The second-order valence-corrected chi connectivity index (χ2v) is 7.30. The van der Waals surface area contributed by atoms with Crippen LogP contribution in [-0.4, -0.2) is 19.3 Å². The summed E-state index contributed by atoms with van der Waals surface area (Å²) in [7, 11) is 0. The largest absolute Gasteiger partial charge is 0.372 e. The van der Waals surface area contributed by atoms with E-state index in [0.29, 0.717) is 11.5 Å². The van der Waals surface area contributed by atoms with Crippen molar-refractivity contribution in [3.8, 4) is 10.6 Å². The first kappa shape index (κ1) is 15.7. The molecular formula is C16H13N5O2S2. The normalized spacial score (nSPS) is 11.1. The smallest absolute Gasteiger partial charge is 0.358 e. The van der Waals surface area contributed by atoms with Gasteiger partial charge in [0.25, 0.3) is 4.96 Å². The van der Waals surface area contributed by atoms with Crippen LogP contribution in [0, 0.1) is 17.0 Å². The lowest BCUT2D eigenvalue weighted by Crippen LogP contribution is -2.03. The Balaban J connectivity index is 1.60. The van der Waals surface area contributed by atoms with Gasteiger partial charge in [0, 0.05) is 15.8 Å². The molecule has 0 atom stereocenters. The van der Waals surface area contributed by atoms with E-state index in [0.717, 1.165) is 21.1 Å². The Labute approximate surface area is 150 Å². The van der Waals surface area contributed by atoms with Gasteiger partial charge in [-0.15, -0.1) is 11.3 Å². The number of nitrogens with zero attached hydrogens (tertiary/aromatic N) is 4. The molecule has 4 aromatic rings. The Hall–Kier alpha value is -2.78. The Morgan fingerprint density at radius 1 is 1.28 bits per heavy atom. The molecule has 0 aliphatic heterocycles. The van der Waals surface area contributed by atoms with Gasteiger partial charge in [-0.3, -0.25) is 0 Å². The molecular weight excluding hydrogens is 358 g/mol. The van der Waals surface area contributed by atoms with Crippen molar-refractivity contribution in [3.63, 3.8) is 0 Å². The van der Waals surface area contributed by atoms with E-state index >= 15 is 0 Å². The average molecular weight is 371 g/mol. The van der Waals surface area contributed by atoms with E-state index in [1.807, 2.05) is 37.3 Å². The van der Waals surface area contributed by atoms with Crippen LogP contribution >= 0.6 is 22.7 Å². The molecule has 3 heterocycles. The van der Waals surface area contributed by atoms with E-state index in [2.05, 4.69) is 15.3 Å². The molecule has 3 aromatic heterocycles. The van der Waals surface area contributed by atoms with Crippen LogP contribution in [0.4, 0.5) is 11.6 Å². The average Bonchev–Trinajstić information content (AvgIpc) is 3.27. The van der Waals surface area contributed by atoms with Gasteiger partial charge in [-0.25, -0.2) is 4.98 Å². The third-order valence-corrected chi connectivity index (χ3v) is 5.70. The number of imidazole rings is 1. The van der Waals surface area contributed by atoms with E-state index < -0.39 is 4.92 Å². The molecule has 0 amide bonds. The third-order valence-electron chi connectivity index (χ3n) is 3.74. The maximum Gasteiger partial charge on any atom is 0.372 e. The lowest BCUT2D eigenvalue weighted by molar-refractivity contribution is -0.389. The van der Waals surface area contributed by atoms with Crippen LogP contribution in [-0.2, 0) is 6.54 Å². The summed E-state index contributed by atoms with van der Waals surface area (Å²) in [6.45, 7) is 2.39. The summed E-state index contributed by atoms with van der Waals surface area (Å²) in [4.78, 5) is 21.5. The number of thiazole rings is 2. The highest BCUT2D eigenvalue weighted by Gasteiger charge is 2.23. The molecule has 0 fully saturated rings. The predicted molar refractivity (Wildman–Crippen MR) is 99.3 cm³/mol. The topological polar surface area (TPSA) is 85.4 Å². The van der Waals surface area contributed by atoms with Gasteiger partial charge in [0.05, 0.1) is 12.2 Å². The predicted octanol–water partition coefficient (Wildman–Crippen LogP) is 4.35. The molecule has 126 valence electrons. The highest BCUT2D eigenvalue weighted by atomic mass is 32.1. The maximum absolute atomic E-state index is 11.4. The fourth-order valence-electron chi connectivity index (χ4n) is 2.53. The zero-order valence-corrected chi connectivity index (χ0v) is 14.8. The van der Waals surface area contributed by atoms with E-state index in [4.69, 9.17) is 0 Å². The number of rotatable bonds is 5. The summed E-state index contributed by atoms with van der Waals surface area (Å²) in [5.74, 6) is 0.243. The molecule has 0 radical (unpaired) electrons. The van der Waals surface area contributed by atoms with Crippen molar-refractivity contribution in [1.82, 2.24) is 14.4 Å². The van der Waals surface area contributed by atoms with Crippen LogP contribution in [0.25, 0.3) is 15.5 Å². The fraction of sp³-hybridized carbons (Fsp3) is 0.125. The molecule has 1 aromatic carbocycles. The number of nitrogens with one attached hydrogen (secondary N) is 1. The molecule has 0 saturated heterocycles. The zero-order valence-electron chi connectivity index (χ0n) is 13.2. The molecule has 0 unspecified atom stereocenters.